The highest BCUT2D eigenvalue weighted by Gasteiger charge is 2.10. The summed E-state index contributed by atoms with van der Waals surface area (Å²) in [6, 6.07) is 0. The van der Waals surface area contributed by atoms with Crippen LogP contribution in [-0.2, 0) is 14.3 Å². The average Bonchev–Trinajstić information content (AvgIpc) is 1.59. The lowest BCUT2D eigenvalue weighted by Gasteiger charge is -2.05. The van der Waals surface area contributed by atoms with Crippen molar-refractivity contribution in [2.45, 2.75) is 33.3 Å². The molecule has 0 aromatic rings. The van der Waals surface area contributed by atoms with E-state index in [0.717, 1.165) is 0 Å². The quantitative estimate of drug-likeness (QED) is 0.588. The maximum absolute atomic E-state index is 10.8. The Balaban J connectivity index is 3.89. The molecule has 0 heterocycles. The van der Waals surface area contributed by atoms with E-state index in [0.29, 0.717) is 6.42 Å². The Morgan fingerprint density at radius 2 is 1.90 bits per heavy atom. The minimum atomic E-state index is -3.23. The highest BCUT2D eigenvalue weighted by atomic mass is 32.2. The normalized spacial score (nSPS) is 12.4. The molecule has 0 aromatic carbocycles. The van der Waals surface area contributed by atoms with Gasteiger partial charge in [-0.1, -0.05) is 6.92 Å². The van der Waals surface area contributed by atoms with E-state index in [9.17, 15) is 8.42 Å². The lowest BCUT2D eigenvalue weighted by Crippen LogP contribution is -2.14. The van der Waals surface area contributed by atoms with Gasteiger partial charge >= 0.3 is 0 Å². The van der Waals surface area contributed by atoms with Gasteiger partial charge in [0.25, 0.3) is 10.1 Å². The van der Waals surface area contributed by atoms with Gasteiger partial charge < -0.3 is 0 Å². The first-order valence-electron chi connectivity index (χ1n) is 3.39. The van der Waals surface area contributed by atoms with Crippen LogP contribution in [-0.4, -0.2) is 20.3 Å². The molecule has 0 radical (unpaired) electrons. The summed E-state index contributed by atoms with van der Waals surface area (Å²) in [5, 5.41) is 0. The molecule has 0 atom stereocenters. The van der Waals surface area contributed by atoms with Crippen molar-refractivity contribution in [3.63, 3.8) is 0 Å². The van der Waals surface area contributed by atoms with Gasteiger partial charge in [0.2, 0.25) is 0 Å². The van der Waals surface area contributed by atoms with Crippen LogP contribution in [0.5, 0.6) is 0 Å². The van der Waals surface area contributed by atoms with Crippen LogP contribution >= 0.6 is 0 Å². The lowest BCUT2D eigenvalue weighted by molar-refractivity contribution is 0.249. The van der Waals surface area contributed by atoms with Crippen LogP contribution in [0, 0.1) is 0 Å². The Kier molecular flexibility index (Phi) is 3.89. The smallest absolute Gasteiger partial charge is 0.267 e. The summed E-state index contributed by atoms with van der Waals surface area (Å²) in [6.07, 6.45) is 0.367. The minimum absolute atomic E-state index is 0.116. The van der Waals surface area contributed by atoms with Crippen molar-refractivity contribution < 1.29 is 12.6 Å². The molecule has 0 bridgehead atoms. The molecule has 0 amide bonds. The van der Waals surface area contributed by atoms with E-state index in [1.807, 2.05) is 0 Å². The van der Waals surface area contributed by atoms with Gasteiger partial charge in [-0.15, -0.1) is 0 Å². The van der Waals surface area contributed by atoms with Crippen LogP contribution in [0.1, 0.15) is 27.2 Å². The van der Waals surface area contributed by atoms with E-state index in [4.69, 9.17) is 0 Å². The van der Waals surface area contributed by atoms with Gasteiger partial charge in [0.05, 0.1) is 11.9 Å². The van der Waals surface area contributed by atoms with E-state index < -0.39 is 10.1 Å². The van der Waals surface area contributed by atoms with Crippen LogP contribution in [0.15, 0.2) is 0 Å². The molecule has 0 fully saturated rings. The Hall–Kier alpha value is -0.0900. The van der Waals surface area contributed by atoms with E-state index in [1.165, 1.54) is 0 Å². The molecular weight excluding hydrogens is 152 g/mol. The standard InChI is InChI=1S/C6H14O3S/c1-4-5-10(7,8)9-6(2)3/h6H,4-5H2,1-3H3. The molecule has 0 N–H and O–H groups in total. The Morgan fingerprint density at radius 1 is 1.40 bits per heavy atom. The van der Waals surface area contributed by atoms with Crippen LogP contribution in [0.2, 0.25) is 0 Å². The summed E-state index contributed by atoms with van der Waals surface area (Å²) in [6.45, 7) is 5.21. The van der Waals surface area contributed by atoms with Gasteiger partial charge in [-0.2, -0.15) is 8.42 Å². The van der Waals surface area contributed by atoms with Crippen molar-refractivity contribution in [2.24, 2.45) is 0 Å². The summed E-state index contributed by atoms with van der Waals surface area (Å²) in [5.41, 5.74) is 0. The minimum Gasteiger partial charge on any atom is -0.267 e. The second-order valence-electron chi connectivity index (χ2n) is 2.41. The fraction of sp³-hybridized carbons (Fsp3) is 1.00. The van der Waals surface area contributed by atoms with Crippen molar-refractivity contribution >= 4 is 10.1 Å². The number of rotatable bonds is 4. The van der Waals surface area contributed by atoms with Gasteiger partial charge in [-0.25, -0.2) is 0 Å². The van der Waals surface area contributed by atoms with E-state index in [2.05, 4.69) is 4.18 Å². The first kappa shape index (κ1) is 9.91. The number of hydrogen-bond donors (Lipinski definition) is 0. The summed E-state index contributed by atoms with van der Waals surface area (Å²) in [4.78, 5) is 0. The van der Waals surface area contributed by atoms with Crippen LogP contribution in [0.3, 0.4) is 0 Å². The fourth-order valence-corrected chi connectivity index (χ4v) is 1.77. The van der Waals surface area contributed by atoms with Crippen LogP contribution < -0.4 is 0 Å². The molecule has 0 aliphatic carbocycles. The van der Waals surface area contributed by atoms with Gasteiger partial charge in [0, 0.05) is 0 Å². The molecular formula is C6H14O3S. The Bertz CT molecular complexity index is 169. The van der Waals surface area contributed by atoms with Crippen molar-refractivity contribution in [1.82, 2.24) is 0 Å². The summed E-state index contributed by atoms with van der Waals surface area (Å²) >= 11 is 0. The molecule has 0 aromatic heterocycles. The third-order valence-electron chi connectivity index (χ3n) is 0.793. The molecule has 0 unspecified atom stereocenters. The van der Waals surface area contributed by atoms with Crippen LogP contribution in [0.25, 0.3) is 0 Å². The molecule has 62 valence electrons. The molecule has 0 saturated carbocycles. The molecule has 0 saturated heterocycles. The predicted octanol–water partition coefficient (Wildman–Crippen LogP) is 1.15. The van der Waals surface area contributed by atoms with E-state index in [-0.39, 0.29) is 11.9 Å². The van der Waals surface area contributed by atoms with Gasteiger partial charge in [-0.05, 0) is 20.3 Å². The van der Waals surface area contributed by atoms with Gasteiger partial charge in [0.15, 0.2) is 0 Å². The zero-order valence-corrected chi connectivity index (χ0v) is 7.44. The molecule has 0 spiro atoms. The van der Waals surface area contributed by atoms with Gasteiger partial charge in [0.1, 0.15) is 0 Å². The first-order valence-corrected chi connectivity index (χ1v) is 4.96. The van der Waals surface area contributed by atoms with E-state index in [1.54, 1.807) is 20.8 Å². The Morgan fingerprint density at radius 3 is 2.20 bits per heavy atom. The second kappa shape index (κ2) is 3.93. The fourth-order valence-electron chi connectivity index (χ4n) is 0.591. The molecule has 10 heavy (non-hydrogen) atoms. The van der Waals surface area contributed by atoms with Crippen molar-refractivity contribution in [2.75, 3.05) is 5.75 Å². The third kappa shape index (κ3) is 4.76. The largest absolute Gasteiger partial charge is 0.267 e. The van der Waals surface area contributed by atoms with Crippen molar-refractivity contribution in [3.05, 3.63) is 0 Å². The molecule has 3 nitrogen and oxygen atoms in total. The molecule has 0 rings (SSSR count). The lowest BCUT2D eigenvalue weighted by atomic mass is 10.5. The predicted molar refractivity (Wildman–Crippen MR) is 40.3 cm³/mol. The monoisotopic (exact) mass is 166 g/mol. The highest BCUT2D eigenvalue weighted by Crippen LogP contribution is 2.00. The summed E-state index contributed by atoms with van der Waals surface area (Å²) in [5.74, 6) is 0.116. The SMILES string of the molecule is CCCS(=O)(=O)OC(C)C. The summed E-state index contributed by atoms with van der Waals surface area (Å²) < 4.78 is 26.3. The van der Waals surface area contributed by atoms with E-state index >= 15 is 0 Å². The number of hydrogen-bond acceptors (Lipinski definition) is 3. The van der Waals surface area contributed by atoms with Crippen molar-refractivity contribution in [3.8, 4) is 0 Å². The zero-order valence-electron chi connectivity index (χ0n) is 6.62. The second-order valence-corrected chi connectivity index (χ2v) is 4.12. The Labute approximate surface area is 62.5 Å². The first-order chi connectivity index (χ1) is 4.48. The maximum atomic E-state index is 10.8. The highest BCUT2D eigenvalue weighted by molar-refractivity contribution is 7.86. The van der Waals surface area contributed by atoms with Crippen molar-refractivity contribution in [1.29, 1.82) is 0 Å². The molecule has 4 heteroatoms. The topological polar surface area (TPSA) is 43.4 Å². The molecule has 0 aliphatic rings. The average molecular weight is 166 g/mol. The van der Waals surface area contributed by atoms with Gasteiger partial charge in [-0.3, -0.25) is 4.18 Å². The zero-order chi connectivity index (χ0) is 8.20. The third-order valence-corrected chi connectivity index (χ3v) is 2.38. The molecule has 0 aliphatic heterocycles. The summed E-state index contributed by atoms with van der Waals surface area (Å²) in [7, 11) is -3.23. The van der Waals surface area contributed by atoms with Crippen LogP contribution in [0.4, 0.5) is 0 Å². The maximum Gasteiger partial charge on any atom is 0.267 e.